The number of nitrogens with zero attached hydrogens (tertiary/aromatic N) is 5. The lowest BCUT2D eigenvalue weighted by atomic mass is 10.1. The van der Waals surface area contributed by atoms with Gasteiger partial charge in [0.15, 0.2) is 17.3 Å². The molecule has 1 fully saturated rings. The molecule has 0 atom stereocenters. The third-order valence-electron chi connectivity index (χ3n) is 5.14. The molecule has 7 heteroatoms. The van der Waals surface area contributed by atoms with Crippen molar-refractivity contribution in [2.45, 2.75) is 45.1 Å². The summed E-state index contributed by atoms with van der Waals surface area (Å²) in [6.45, 7) is 2.10. The van der Waals surface area contributed by atoms with Crippen molar-refractivity contribution in [2.24, 2.45) is 7.05 Å². The summed E-state index contributed by atoms with van der Waals surface area (Å²) in [5, 5.41) is 4.68. The van der Waals surface area contributed by atoms with Gasteiger partial charge < -0.3 is 0 Å². The Morgan fingerprint density at radius 3 is 2.42 bits per heavy atom. The van der Waals surface area contributed by atoms with Crippen LogP contribution in [0.3, 0.4) is 0 Å². The van der Waals surface area contributed by atoms with Gasteiger partial charge in [0.05, 0.1) is 6.04 Å². The average Bonchev–Trinajstić information content (AvgIpc) is 3.20. The van der Waals surface area contributed by atoms with E-state index in [1.165, 1.54) is 12.6 Å². The standard InChI is InChI=1S/C19H21N5O2/c1-3-12-8-10-13(11-9-12)16-20-15-17(21-19(26)23(2)18(15)25)24(22-16)14-6-4-5-7-14/h8-11,14H,3-7H2,1-2H3. The van der Waals surface area contributed by atoms with Crippen molar-refractivity contribution in [3.8, 4) is 22.9 Å². The van der Waals surface area contributed by atoms with Gasteiger partial charge in [0, 0.05) is 12.6 Å². The van der Waals surface area contributed by atoms with E-state index in [1.54, 1.807) is 4.68 Å². The summed E-state index contributed by atoms with van der Waals surface area (Å²) in [4.78, 5) is 33.2. The van der Waals surface area contributed by atoms with E-state index in [2.05, 4.69) is 22.0 Å². The van der Waals surface area contributed by atoms with Crippen LogP contribution in [-0.4, -0.2) is 24.3 Å². The Morgan fingerprint density at radius 2 is 1.77 bits per heavy atom. The highest BCUT2D eigenvalue weighted by atomic mass is 16.2. The molecule has 1 aliphatic carbocycles. The molecule has 0 unspecified atom stereocenters. The number of hydrogen-bond donors (Lipinski definition) is 0. The highest BCUT2D eigenvalue weighted by molar-refractivity contribution is 5.59. The second-order valence-electron chi connectivity index (χ2n) is 6.80. The third-order valence-corrected chi connectivity index (χ3v) is 5.14. The predicted octanol–water partition coefficient (Wildman–Crippen LogP) is 2.18. The molecule has 1 aromatic carbocycles. The molecule has 134 valence electrons. The van der Waals surface area contributed by atoms with Gasteiger partial charge >= 0.3 is 5.69 Å². The molecular formula is C19H21N5O2. The van der Waals surface area contributed by atoms with Crippen LogP contribution in [0.2, 0.25) is 0 Å². The maximum Gasteiger partial charge on any atom is 0.352 e. The van der Waals surface area contributed by atoms with Crippen LogP contribution >= 0.6 is 0 Å². The SMILES string of the molecule is CCc1ccc(-c2nc3c(=O)n(C)c(=O)nc-3n(C3CCCC3)n2)cc1. The first-order valence-electron chi connectivity index (χ1n) is 9.05. The number of rotatable bonds is 3. The number of aromatic nitrogens is 5. The van der Waals surface area contributed by atoms with Crippen molar-refractivity contribution in [1.82, 2.24) is 24.3 Å². The predicted molar refractivity (Wildman–Crippen MR) is 98.3 cm³/mol. The van der Waals surface area contributed by atoms with Crippen LogP contribution in [0.5, 0.6) is 0 Å². The van der Waals surface area contributed by atoms with Gasteiger partial charge in [-0.25, -0.2) is 14.5 Å². The average molecular weight is 351 g/mol. The van der Waals surface area contributed by atoms with Crippen LogP contribution in [0, 0.1) is 0 Å². The Balaban J connectivity index is 1.97. The van der Waals surface area contributed by atoms with E-state index in [4.69, 9.17) is 0 Å². The first-order valence-corrected chi connectivity index (χ1v) is 9.05. The molecule has 1 aromatic rings. The molecule has 0 aromatic heterocycles. The number of aryl methyl sites for hydroxylation is 1. The number of hydrogen-bond acceptors (Lipinski definition) is 5. The number of fused-ring (bicyclic) bond motifs is 1. The van der Waals surface area contributed by atoms with E-state index in [1.807, 2.05) is 24.3 Å². The van der Waals surface area contributed by atoms with Crippen LogP contribution in [0.4, 0.5) is 0 Å². The van der Waals surface area contributed by atoms with Crippen LogP contribution in [0.1, 0.15) is 44.2 Å². The minimum absolute atomic E-state index is 0.146. The fourth-order valence-electron chi connectivity index (χ4n) is 3.51. The van der Waals surface area contributed by atoms with Gasteiger partial charge in [-0.1, -0.05) is 44.0 Å². The first-order chi connectivity index (χ1) is 12.6. The van der Waals surface area contributed by atoms with E-state index >= 15 is 0 Å². The Bertz CT molecular complexity index is 1030. The maximum absolute atomic E-state index is 12.6. The van der Waals surface area contributed by atoms with Crippen molar-refractivity contribution >= 4 is 0 Å². The molecule has 0 N–H and O–H groups in total. The smallest absolute Gasteiger partial charge is 0.267 e. The lowest BCUT2D eigenvalue weighted by Crippen LogP contribution is -2.37. The van der Waals surface area contributed by atoms with Crippen LogP contribution < -0.4 is 11.2 Å². The van der Waals surface area contributed by atoms with Crippen molar-refractivity contribution in [2.75, 3.05) is 0 Å². The molecule has 1 saturated carbocycles. The Hall–Kier alpha value is -2.83. The summed E-state index contributed by atoms with van der Waals surface area (Å²) >= 11 is 0. The lowest BCUT2D eigenvalue weighted by molar-refractivity contribution is 0.452. The van der Waals surface area contributed by atoms with Crippen LogP contribution in [-0.2, 0) is 13.5 Å². The highest BCUT2D eigenvalue weighted by Crippen LogP contribution is 2.32. The molecule has 3 aliphatic rings. The zero-order valence-electron chi connectivity index (χ0n) is 15.0. The van der Waals surface area contributed by atoms with Crippen molar-refractivity contribution in [3.05, 3.63) is 50.7 Å². The van der Waals surface area contributed by atoms with E-state index in [9.17, 15) is 9.59 Å². The first kappa shape index (κ1) is 16.6. The van der Waals surface area contributed by atoms with Crippen LogP contribution in [0.15, 0.2) is 33.9 Å². The molecule has 4 rings (SSSR count). The summed E-state index contributed by atoms with van der Waals surface area (Å²) in [6, 6.07) is 8.17. The normalized spacial score (nSPS) is 15.0. The van der Waals surface area contributed by atoms with E-state index < -0.39 is 11.2 Å². The minimum Gasteiger partial charge on any atom is -0.267 e. The minimum atomic E-state index is -0.571. The molecule has 2 heterocycles. The molecule has 0 bridgehead atoms. The molecule has 2 aliphatic heterocycles. The molecule has 7 nitrogen and oxygen atoms in total. The van der Waals surface area contributed by atoms with E-state index in [0.717, 1.165) is 42.2 Å². The molecule has 0 saturated heterocycles. The summed E-state index contributed by atoms with van der Waals surface area (Å²) < 4.78 is 2.75. The second kappa shape index (κ2) is 6.48. The van der Waals surface area contributed by atoms with Crippen molar-refractivity contribution in [3.63, 3.8) is 0 Å². The zero-order valence-corrected chi connectivity index (χ0v) is 15.0. The van der Waals surface area contributed by atoms with Crippen molar-refractivity contribution in [1.29, 1.82) is 0 Å². The molecule has 26 heavy (non-hydrogen) atoms. The van der Waals surface area contributed by atoms with Gasteiger partial charge in [-0.2, -0.15) is 10.1 Å². The van der Waals surface area contributed by atoms with Gasteiger partial charge in [0.1, 0.15) is 0 Å². The van der Waals surface area contributed by atoms with Gasteiger partial charge in [-0.05, 0) is 24.8 Å². The monoisotopic (exact) mass is 351 g/mol. The van der Waals surface area contributed by atoms with Gasteiger partial charge in [-0.3, -0.25) is 9.36 Å². The maximum atomic E-state index is 12.6. The molecule has 0 spiro atoms. The Morgan fingerprint density at radius 1 is 1.08 bits per heavy atom. The lowest BCUT2D eigenvalue weighted by Gasteiger charge is -2.19. The van der Waals surface area contributed by atoms with Crippen LogP contribution in [0.25, 0.3) is 22.9 Å². The second-order valence-corrected chi connectivity index (χ2v) is 6.80. The fraction of sp³-hybridized carbons (Fsp3) is 0.421. The quantitative estimate of drug-likeness (QED) is 0.722. The summed E-state index contributed by atoms with van der Waals surface area (Å²) in [5.74, 6) is 0.781. The Kier molecular flexibility index (Phi) is 4.14. The largest absolute Gasteiger partial charge is 0.352 e. The molecular weight excluding hydrogens is 330 g/mol. The van der Waals surface area contributed by atoms with Gasteiger partial charge in [0.25, 0.3) is 5.56 Å². The third kappa shape index (κ3) is 2.73. The number of benzene rings is 1. The summed E-state index contributed by atoms with van der Waals surface area (Å²) in [7, 11) is 1.43. The highest BCUT2D eigenvalue weighted by Gasteiger charge is 2.26. The van der Waals surface area contributed by atoms with Gasteiger partial charge in [0.2, 0.25) is 0 Å². The van der Waals surface area contributed by atoms with E-state index in [-0.39, 0.29) is 11.7 Å². The summed E-state index contributed by atoms with van der Waals surface area (Å²) in [6.07, 6.45) is 5.11. The van der Waals surface area contributed by atoms with Crippen molar-refractivity contribution < 1.29 is 0 Å². The Labute approximate surface area is 150 Å². The topological polar surface area (TPSA) is 82.7 Å². The molecule has 0 amide bonds. The fourth-order valence-corrected chi connectivity index (χ4v) is 3.51. The molecule has 0 radical (unpaired) electrons. The summed E-state index contributed by atoms with van der Waals surface area (Å²) in [5.41, 5.74) is 1.28. The zero-order chi connectivity index (χ0) is 18.3. The van der Waals surface area contributed by atoms with E-state index in [0.29, 0.717) is 11.6 Å². The van der Waals surface area contributed by atoms with Gasteiger partial charge in [-0.15, -0.1) is 0 Å².